The first-order valence-corrected chi connectivity index (χ1v) is 7.06. The highest BCUT2D eigenvalue weighted by Crippen LogP contribution is 2.29. The number of piperidine rings is 1. The SMILES string of the molecule is CNC1CCN(C(=O)c2cc([N+](=O)[O-])c(C)s2)CC1.Cl. The van der Waals surface area contributed by atoms with E-state index in [1.807, 2.05) is 7.05 Å². The van der Waals surface area contributed by atoms with Crippen LogP contribution < -0.4 is 5.32 Å². The third-order valence-corrected chi connectivity index (χ3v) is 4.52. The highest BCUT2D eigenvalue weighted by molar-refractivity contribution is 7.14. The van der Waals surface area contributed by atoms with Gasteiger partial charge < -0.3 is 10.2 Å². The minimum absolute atomic E-state index is 0. The average molecular weight is 320 g/mol. The molecule has 0 unspecified atom stereocenters. The van der Waals surface area contributed by atoms with E-state index in [4.69, 9.17) is 0 Å². The maximum atomic E-state index is 12.3. The second kappa shape index (κ2) is 7.01. The van der Waals surface area contributed by atoms with Crippen LogP contribution in [0.5, 0.6) is 0 Å². The van der Waals surface area contributed by atoms with Gasteiger partial charge in [0.05, 0.1) is 14.7 Å². The maximum absolute atomic E-state index is 12.3. The number of likely N-dealkylation sites (tertiary alicyclic amines) is 1. The molecule has 0 aliphatic carbocycles. The molecule has 1 aliphatic heterocycles. The summed E-state index contributed by atoms with van der Waals surface area (Å²) in [5.74, 6) is -0.0873. The smallest absolute Gasteiger partial charge is 0.283 e. The molecule has 1 aromatic heterocycles. The number of amides is 1. The van der Waals surface area contributed by atoms with Gasteiger partial charge >= 0.3 is 0 Å². The number of rotatable bonds is 3. The molecule has 112 valence electrons. The standard InChI is InChI=1S/C12H17N3O3S.ClH/c1-8-10(15(17)18)7-11(19-8)12(16)14-5-3-9(13-2)4-6-14;/h7,9,13H,3-6H2,1-2H3;1H. The van der Waals surface area contributed by atoms with Crippen molar-refractivity contribution in [3.05, 3.63) is 25.9 Å². The van der Waals surface area contributed by atoms with Crippen molar-refractivity contribution in [2.75, 3.05) is 20.1 Å². The van der Waals surface area contributed by atoms with Gasteiger partial charge in [-0.25, -0.2) is 0 Å². The number of hydrogen-bond acceptors (Lipinski definition) is 5. The number of nitro groups is 1. The molecule has 20 heavy (non-hydrogen) atoms. The number of aryl methyl sites for hydroxylation is 1. The molecule has 1 amide bonds. The highest BCUT2D eigenvalue weighted by Gasteiger charge is 2.26. The van der Waals surface area contributed by atoms with Gasteiger partial charge in [0, 0.05) is 25.2 Å². The summed E-state index contributed by atoms with van der Waals surface area (Å²) in [7, 11) is 1.92. The summed E-state index contributed by atoms with van der Waals surface area (Å²) in [5, 5.41) is 14.0. The lowest BCUT2D eigenvalue weighted by molar-refractivity contribution is -0.385. The van der Waals surface area contributed by atoms with Gasteiger partial charge in [0.1, 0.15) is 0 Å². The zero-order valence-corrected chi connectivity index (χ0v) is 13.1. The van der Waals surface area contributed by atoms with Crippen LogP contribution >= 0.6 is 23.7 Å². The van der Waals surface area contributed by atoms with Gasteiger partial charge in [-0.2, -0.15) is 0 Å². The second-order valence-electron chi connectivity index (χ2n) is 4.66. The van der Waals surface area contributed by atoms with E-state index >= 15 is 0 Å². The number of carbonyl (C=O) groups excluding carboxylic acids is 1. The van der Waals surface area contributed by atoms with E-state index in [9.17, 15) is 14.9 Å². The number of hydrogen-bond donors (Lipinski definition) is 1. The Kier molecular flexibility index (Phi) is 5.91. The summed E-state index contributed by atoms with van der Waals surface area (Å²) in [4.78, 5) is 25.5. The fourth-order valence-corrected chi connectivity index (χ4v) is 3.24. The fraction of sp³-hybridized carbons (Fsp3) is 0.583. The van der Waals surface area contributed by atoms with Gasteiger partial charge in [-0.3, -0.25) is 14.9 Å². The Morgan fingerprint density at radius 2 is 2.10 bits per heavy atom. The van der Waals surface area contributed by atoms with E-state index in [1.165, 1.54) is 17.4 Å². The molecule has 0 saturated carbocycles. The Balaban J connectivity index is 0.00000200. The normalized spacial score (nSPS) is 15.8. The van der Waals surface area contributed by atoms with Crippen LogP contribution in [0.25, 0.3) is 0 Å². The van der Waals surface area contributed by atoms with Gasteiger partial charge in [-0.05, 0) is 26.8 Å². The van der Waals surface area contributed by atoms with Crippen LogP contribution in [0, 0.1) is 17.0 Å². The summed E-state index contributed by atoms with van der Waals surface area (Å²) in [6, 6.07) is 1.86. The molecule has 2 rings (SSSR count). The van der Waals surface area contributed by atoms with Crippen molar-refractivity contribution < 1.29 is 9.72 Å². The van der Waals surface area contributed by atoms with Gasteiger partial charge in [0.2, 0.25) is 0 Å². The van der Waals surface area contributed by atoms with E-state index in [0.29, 0.717) is 28.9 Å². The van der Waals surface area contributed by atoms with Crippen molar-refractivity contribution in [3.8, 4) is 0 Å². The van der Waals surface area contributed by atoms with Gasteiger partial charge in [0.25, 0.3) is 11.6 Å². The predicted octanol–water partition coefficient (Wildman–Crippen LogP) is 2.21. The topological polar surface area (TPSA) is 75.5 Å². The van der Waals surface area contributed by atoms with E-state index in [2.05, 4.69) is 5.32 Å². The lowest BCUT2D eigenvalue weighted by Gasteiger charge is -2.31. The van der Waals surface area contributed by atoms with Gasteiger partial charge in [0.15, 0.2) is 0 Å². The number of nitrogens with zero attached hydrogens (tertiary/aromatic N) is 2. The Bertz CT molecular complexity index is 498. The Morgan fingerprint density at radius 1 is 1.50 bits per heavy atom. The molecule has 0 bridgehead atoms. The zero-order chi connectivity index (χ0) is 14.0. The molecule has 1 aliphatic rings. The third kappa shape index (κ3) is 3.47. The maximum Gasteiger partial charge on any atom is 0.283 e. The summed E-state index contributed by atoms with van der Waals surface area (Å²) < 4.78 is 0. The molecule has 8 heteroatoms. The third-order valence-electron chi connectivity index (χ3n) is 3.49. The first-order chi connectivity index (χ1) is 9.02. The number of halogens is 1. The van der Waals surface area contributed by atoms with Crippen LogP contribution in [0.15, 0.2) is 6.07 Å². The van der Waals surface area contributed by atoms with E-state index < -0.39 is 4.92 Å². The van der Waals surface area contributed by atoms with Gasteiger partial charge in [-0.15, -0.1) is 23.7 Å². The summed E-state index contributed by atoms with van der Waals surface area (Å²) in [6.07, 6.45) is 1.85. The molecule has 0 aromatic carbocycles. The monoisotopic (exact) mass is 319 g/mol. The summed E-state index contributed by atoms with van der Waals surface area (Å²) >= 11 is 1.20. The Labute approximate surface area is 127 Å². The van der Waals surface area contributed by atoms with E-state index in [0.717, 1.165) is 12.8 Å². The zero-order valence-electron chi connectivity index (χ0n) is 11.4. The molecule has 6 nitrogen and oxygen atoms in total. The largest absolute Gasteiger partial charge is 0.338 e. The number of thiophene rings is 1. The van der Waals surface area contributed by atoms with Crippen LogP contribution in [0.1, 0.15) is 27.4 Å². The number of carbonyl (C=O) groups is 1. The number of nitrogens with one attached hydrogen (secondary N) is 1. The molecule has 2 heterocycles. The lowest BCUT2D eigenvalue weighted by Crippen LogP contribution is -2.43. The molecule has 0 radical (unpaired) electrons. The lowest BCUT2D eigenvalue weighted by atomic mass is 10.1. The minimum Gasteiger partial charge on any atom is -0.338 e. The highest BCUT2D eigenvalue weighted by atomic mass is 35.5. The molecule has 0 atom stereocenters. The van der Waals surface area contributed by atoms with Crippen LogP contribution in [-0.4, -0.2) is 41.9 Å². The molecule has 1 N–H and O–H groups in total. The molecular formula is C12H18ClN3O3S. The first-order valence-electron chi connectivity index (χ1n) is 6.24. The second-order valence-corrected chi connectivity index (χ2v) is 5.92. The average Bonchev–Trinajstić information content (AvgIpc) is 2.80. The first kappa shape index (κ1) is 16.9. The molecule has 1 saturated heterocycles. The summed E-state index contributed by atoms with van der Waals surface area (Å²) in [6.45, 7) is 3.08. The molecule has 1 fully saturated rings. The Morgan fingerprint density at radius 3 is 2.55 bits per heavy atom. The van der Waals surface area contributed by atoms with Crippen molar-refractivity contribution in [3.63, 3.8) is 0 Å². The van der Waals surface area contributed by atoms with Crippen LogP contribution in [-0.2, 0) is 0 Å². The van der Waals surface area contributed by atoms with E-state index in [1.54, 1.807) is 11.8 Å². The molecule has 0 spiro atoms. The molecule has 1 aromatic rings. The predicted molar refractivity (Wildman–Crippen MR) is 80.9 cm³/mol. The molecular weight excluding hydrogens is 302 g/mol. The van der Waals surface area contributed by atoms with Crippen molar-refractivity contribution in [2.24, 2.45) is 0 Å². The van der Waals surface area contributed by atoms with Crippen molar-refractivity contribution in [1.82, 2.24) is 10.2 Å². The van der Waals surface area contributed by atoms with Crippen molar-refractivity contribution >= 4 is 35.3 Å². The van der Waals surface area contributed by atoms with Crippen LogP contribution in [0.2, 0.25) is 0 Å². The van der Waals surface area contributed by atoms with Crippen LogP contribution in [0.4, 0.5) is 5.69 Å². The van der Waals surface area contributed by atoms with Crippen molar-refractivity contribution in [2.45, 2.75) is 25.8 Å². The van der Waals surface area contributed by atoms with Crippen molar-refractivity contribution in [1.29, 1.82) is 0 Å². The fourth-order valence-electron chi connectivity index (χ4n) is 2.29. The quantitative estimate of drug-likeness (QED) is 0.684. The van der Waals surface area contributed by atoms with Gasteiger partial charge in [-0.1, -0.05) is 0 Å². The van der Waals surface area contributed by atoms with Crippen LogP contribution in [0.3, 0.4) is 0 Å². The Hall–Kier alpha value is -1.18. The summed E-state index contributed by atoms with van der Waals surface area (Å²) in [5.41, 5.74) is 0.0402. The minimum atomic E-state index is -0.435. The van der Waals surface area contributed by atoms with E-state index in [-0.39, 0.29) is 24.0 Å².